The molecule has 18 heavy (non-hydrogen) atoms. The number of rotatable bonds is 5. The van der Waals surface area contributed by atoms with Crippen molar-refractivity contribution in [3.63, 3.8) is 0 Å². The average molecular weight is 243 g/mol. The van der Waals surface area contributed by atoms with Crippen molar-refractivity contribution in [2.24, 2.45) is 5.73 Å². The van der Waals surface area contributed by atoms with Gasteiger partial charge in [0, 0.05) is 13.1 Å². The maximum Gasteiger partial charge on any atom is 0.101 e. The van der Waals surface area contributed by atoms with Crippen LogP contribution in [0, 0.1) is 11.3 Å². The van der Waals surface area contributed by atoms with Crippen LogP contribution in [-0.4, -0.2) is 17.0 Å². The number of unbranched alkanes of at least 4 members (excludes halogenated alkanes) is 1. The molecule has 96 valence electrons. The second-order valence-electron chi connectivity index (χ2n) is 5.47. The molecule has 1 aromatic carbocycles. The molecule has 1 aliphatic rings. The lowest BCUT2D eigenvalue weighted by Crippen LogP contribution is -2.34. The largest absolute Gasteiger partial charge is 0.314 e. The molecule has 0 bridgehead atoms. The molecule has 1 heterocycles. The molecule has 0 fully saturated rings. The lowest BCUT2D eigenvalue weighted by molar-refractivity contribution is 0.274. The maximum absolute atomic E-state index is 8.84. The van der Waals surface area contributed by atoms with E-state index in [4.69, 9.17) is 11.0 Å². The molecule has 0 aromatic heterocycles. The predicted molar refractivity (Wildman–Crippen MR) is 72.6 cm³/mol. The molecule has 2 rings (SSSR count). The van der Waals surface area contributed by atoms with Gasteiger partial charge in [-0.25, -0.2) is 0 Å². The zero-order chi connectivity index (χ0) is 13.0. The van der Waals surface area contributed by atoms with Crippen LogP contribution in [0.4, 0.5) is 0 Å². The minimum atomic E-state index is -0.659. The summed E-state index contributed by atoms with van der Waals surface area (Å²) in [6.07, 6.45) is 2.92. The van der Waals surface area contributed by atoms with E-state index < -0.39 is 5.54 Å². The minimum Gasteiger partial charge on any atom is -0.314 e. The Kier molecular flexibility index (Phi) is 4.00. The van der Waals surface area contributed by atoms with Crippen LogP contribution in [0.2, 0.25) is 0 Å². The maximum atomic E-state index is 8.84. The minimum absolute atomic E-state index is 0.659. The second-order valence-corrected chi connectivity index (χ2v) is 5.47. The van der Waals surface area contributed by atoms with Crippen molar-refractivity contribution in [1.82, 2.24) is 4.90 Å². The van der Waals surface area contributed by atoms with E-state index >= 15 is 0 Å². The van der Waals surface area contributed by atoms with Crippen LogP contribution >= 0.6 is 0 Å². The van der Waals surface area contributed by atoms with Gasteiger partial charge in [0.1, 0.15) is 5.54 Å². The fourth-order valence-corrected chi connectivity index (χ4v) is 2.45. The molecule has 3 heteroatoms. The molecular formula is C15H21N3. The average Bonchev–Trinajstić information content (AvgIpc) is 2.77. The van der Waals surface area contributed by atoms with Crippen molar-refractivity contribution in [2.45, 2.75) is 44.8 Å². The highest BCUT2D eigenvalue weighted by Crippen LogP contribution is 2.22. The second kappa shape index (κ2) is 5.51. The quantitative estimate of drug-likeness (QED) is 0.808. The van der Waals surface area contributed by atoms with Gasteiger partial charge in [0.15, 0.2) is 0 Å². The third-order valence-electron chi connectivity index (χ3n) is 3.58. The predicted octanol–water partition coefficient (Wildman–Crippen LogP) is 2.41. The summed E-state index contributed by atoms with van der Waals surface area (Å²) in [6, 6.07) is 10.8. The molecule has 1 atom stereocenters. The summed E-state index contributed by atoms with van der Waals surface area (Å²) >= 11 is 0. The number of fused-ring (bicyclic) bond motifs is 1. The number of benzene rings is 1. The highest BCUT2D eigenvalue weighted by molar-refractivity contribution is 5.30. The van der Waals surface area contributed by atoms with Gasteiger partial charge in [-0.15, -0.1) is 0 Å². The molecule has 1 aliphatic heterocycles. The number of hydrogen-bond acceptors (Lipinski definition) is 3. The van der Waals surface area contributed by atoms with Gasteiger partial charge in [0.2, 0.25) is 0 Å². The van der Waals surface area contributed by atoms with E-state index in [9.17, 15) is 0 Å². The van der Waals surface area contributed by atoms with Gasteiger partial charge in [-0.2, -0.15) is 5.26 Å². The van der Waals surface area contributed by atoms with Gasteiger partial charge in [0.25, 0.3) is 0 Å². The summed E-state index contributed by atoms with van der Waals surface area (Å²) in [5, 5.41) is 8.84. The zero-order valence-electron chi connectivity index (χ0n) is 11.0. The Morgan fingerprint density at radius 3 is 2.44 bits per heavy atom. The SMILES string of the molecule is CC(N)(C#N)CCCCN1Cc2ccccc2C1. The van der Waals surface area contributed by atoms with Crippen LogP contribution in [-0.2, 0) is 13.1 Å². The topological polar surface area (TPSA) is 53.1 Å². The Labute approximate surface area is 109 Å². The van der Waals surface area contributed by atoms with E-state index in [1.807, 2.05) is 0 Å². The lowest BCUT2D eigenvalue weighted by Gasteiger charge is -2.17. The van der Waals surface area contributed by atoms with Crippen molar-refractivity contribution >= 4 is 0 Å². The normalized spacial score (nSPS) is 18.1. The summed E-state index contributed by atoms with van der Waals surface area (Å²) in [7, 11) is 0. The summed E-state index contributed by atoms with van der Waals surface area (Å²) in [5.41, 5.74) is 8.06. The molecule has 0 saturated carbocycles. The van der Waals surface area contributed by atoms with Crippen molar-refractivity contribution in [1.29, 1.82) is 5.26 Å². The van der Waals surface area contributed by atoms with Crippen molar-refractivity contribution < 1.29 is 0 Å². The first-order chi connectivity index (χ1) is 8.61. The first-order valence-electron chi connectivity index (χ1n) is 6.60. The first-order valence-corrected chi connectivity index (χ1v) is 6.60. The van der Waals surface area contributed by atoms with Crippen molar-refractivity contribution in [3.8, 4) is 6.07 Å². The molecule has 0 radical (unpaired) electrons. The van der Waals surface area contributed by atoms with Crippen molar-refractivity contribution in [2.75, 3.05) is 6.54 Å². The highest BCUT2D eigenvalue weighted by Gasteiger charge is 2.19. The number of nitrogens with two attached hydrogens (primary N) is 1. The van der Waals surface area contributed by atoms with Gasteiger partial charge >= 0.3 is 0 Å². The van der Waals surface area contributed by atoms with Gasteiger partial charge < -0.3 is 5.73 Å². The molecule has 2 N–H and O–H groups in total. The molecule has 0 spiro atoms. The van der Waals surface area contributed by atoms with Gasteiger partial charge in [0.05, 0.1) is 6.07 Å². The Bertz CT molecular complexity index is 420. The summed E-state index contributed by atoms with van der Waals surface area (Å²) < 4.78 is 0. The van der Waals surface area contributed by atoms with E-state index in [1.165, 1.54) is 11.1 Å². The third kappa shape index (κ3) is 3.32. The van der Waals surface area contributed by atoms with Gasteiger partial charge in [-0.1, -0.05) is 24.3 Å². The molecule has 0 saturated heterocycles. The molecule has 1 aromatic rings. The van der Waals surface area contributed by atoms with Crippen LogP contribution in [0.15, 0.2) is 24.3 Å². The van der Waals surface area contributed by atoms with E-state index in [0.717, 1.165) is 38.9 Å². The van der Waals surface area contributed by atoms with Crippen LogP contribution in [0.5, 0.6) is 0 Å². The fourth-order valence-electron chi connectivity index (χ4n) is 2.45. The van der Waals surface area contributed by atoms with Crippen LogP contribution in [0.1, 0.15) is 37.3 Å². The first kappa shape index (κ1) is 13.1. The van der Waals surface area contributed by atoms with E-state index in [1.54, 1.807) is 6.92 Å². The number of hydrogen-bond donors (Lipinski definition) is 1. The Morgan fingerprint density at radius 2 is 1.89 bits per heavy atom. The van der Waals surface area contributed by atoms with Crippen LogP contribution in [0.3, 0.4) is 0 Å². The van der Waals surface area contributed by atoms with Gasteiger partial charge in [-0.05, 0) is 43.9 Å². The Hall–Kier alpha value is -1.37. The Balaban J connectivity index is 1.70. The third-order valence-corrected chi connectivity index (χ3v) is 3.58. The van der Waals surface area contributed by atoms with E-state index in [2.05, 4.69) is 35.2 Å². The molecular weight excluding hydrogens is 222 g/mol. The molecule has 3 nitrogen and oxygen atoms in total. The summed E-state index contributed by atoms with van der Waals surface area (Å²) in [6.45, 7) is 5.03. The molecule has 0 amide bonds. The lowest BCUT2D eigenvalue weighted by atomic mass is 9.98. The summed E-state index contributed by atoms with van der Waals surface area (Å²) in [5.74, 6) is 0. The molecule has 1 unspecified atom stereocenters. The zero-order valence-corrected chi connectivity index (χ0v) is 11.0. The number of nitrogens with zero attached hydrogens (tertiary/aromatic N) is 2. The van der Waals surface area contributed by atoms with Crippen LogP contribution in [0.25, 0.3) is 0 Å². The van der Waals surface area contributed by atoms with Gasteiger partial charge in [-0.3, -0.25) is 4.90 Å². The highest BCUT2D eigenvalue weighted by atomic mass is 15.1. The fraction of sp³-hybridized carbons (Fsp3) is 0.533. The number of nitriles is 1. The van der Waals surface area contributed by atoms with E-state index in [0.29, 0.717) is 0 Å². The monoisotopic (exact) mass is 243 g/mol. The molecule has 0 aliphatic carbocycles. The van der Waals surface area contributed by atoms with Crippen molar-refractivity contribution in [3.05, 3.63) is 35.4 Å². The van der Waals surface area contributed by atoms with Crippen LogP contribution < -0.4 is 5.73 Å². The summed E-state index contributed by atoms with van der Waals surface area (Å²) in [4.78, 5) is 2.46. The van der Waals surface area contributed by atoms with E-state index in [-0.39, 0.29) is 0 Å². The Morgan fingerprint density at radius 1 is 1.28 bits per heavy atom. The standard InChI is InChI=1S/C15H21N3/c1-15(17,12-16)8-4-5-9-18-10-13-6-2-3-7-14(13)11-18/h2-3,6-7H,4-5,8-11,17H2,1H3. The smallest absolute Gasteiger partial charge is 0.101 e.